The van der Waals surface area contributed by atoms with Crippen molar-refractivity contribution in [2.45, 2.75) is 90.9 Å². The maximum atomic E-state index is 3.97. The van der Waals surface area contributed by atoms with E-state index in [1.807, 2.05) is 6.08 Å². The molecule has 0 fully saturated rings. The SMILES string of the molecule is C=Cc1cccc(CC)c1CCCCCCCCCCCC. The van der Waals surface area contributed by atoms with E-state index in [0.717, 1.165) is 6.42 Å². The molecule has 0 saturated carbocycles. The Hall–Kier alpha value is -1.04. The highest BCUT2D eigenvalue weighted by atomic mass is 14.1. The Kier molecular flexibility index (Phi) is 10.8. The van der Waals surface area contributed by atoms with Gasteiger partial charge in [0.05, 0.1) is 0 Å². The van der Waals surface area contributed by atoms with Crippen LogP contribution in [-0.2, 0) is 12.8 Å². The molecule has 0 unspecified atom stereocenters. The second-order valence-electron chi connectivity index (χ2n) is 6.47. The maximum absolute atomic E-state index is 3.97. The summed E-state index contributed by atoms with van der Waals surface area (Å²) in [4.78, 5) is 0. The van der Waals surface area contributed by atoms with Crippen molar-refractivity contribution in [1.82, 2.24) is 0 Å². The van der Waals surface area contributed by atoms with Crippen LogP contribution >= 0.6 is 0 Å². The zero-order valence-electron chi connectivity index (χ0n) is 15.0. The van der Waals surface area contributed by atoms with Gasteiger partial charge in [-0.15, -0.1) is 0 Å². The molecule has 0 bridgehead atoms. The van der Waals surface area contributed by atoms with Gasteiger partial charge in [0.15, 0.2) is 0 Å². The molecular weight excluding hydrogens is 264 g/mol. The second kappa shape index (κ2) is 12.5. The van der Waals surface area contributed by atoms with E-state index in [-0.39, 0.29) is 0 Å². The Morgan fingerprint density at radius 2 is 1.41 bits per heavy atom. The van der Waals surface area contributed by atoms with E-state index >= 15 is 0 Å². The van der Waals surface area contributed by atoms with Crippen LogP contribution in [0.4, 0.5) is 0 Å². The lowest BCUT2D eigenvalue weighted by Crippen LogP contribution is -1.97. The Morgan fingerprint density at radius 3 is 1.95 bits per heavy atom. The molecule has 0 aromatic heterocycles. The predicted octanol–water partition coefficient (Wildman–Crippen LogP) is 7.36. The minimum absolute atomic E-state index is 1.13. The highest BCUT2D eigenvalue weighted by Gasteiger charge is 2.04. The van der Waals surface area contributed by atoms with Gasteiger partial charge in [0.25, 0.3) is 0 Å². The van der Waals surface area contributed by atoms with Crippen LogP contribution < -0.4 is 0 Å². The molecule has 1 rings (SSSR count). The molecule has 0 radical (unpaired) electrons. The van der Waals surface area contributed by atoms with Gasteiger partial charge in [-0.1, -0.05) is 102 Å². The highest BCUT2D eigenvalue weighted by Crippen LogP contribution is 2.20. The van der Waals surface area contributed by atoms with Crippen LogP contribution in [0.5, 0.6) is 0 Å². The lowest BCUT2D eigenvalue weighted by molar-refractivity contribution is 0.556. The first-order valence-corrected chi connectivity index (χ1v) is 9.56. The van der Waals surface area contributed by atoms with Crippen LogP contribution in [0, 0.1) is 0 Å². The van der Waals surface area contributed by atoms with Crippen molar-refractivity contribution >= 4 is 6.08 Å². The lowest BCUT2D eigenvalue weighted by atomic mass is 9.94. The summed E-state index contributed by atoms with van der Waals surface area (Å²) in [6.07, 6.45) is 18.5. The molecule has 22 heavy (non-hydrogen) atoms. The van der Waals surface area contributed by atoms with Crippen molar-refractivity contribution in [1.29, 1.82) is 0 Å². The molecule has 124 valence electrons. The molecule has 0 aliphatic carbocycles. The van der Waals surface area contributed by atoms with Gasteiger partial charge < -0.3 is 0 Å². The summed E-state index contributed by atoms with van der Waals surface area (Å²) >= 11 is 0. The van der Waals surface area contributed by atoms with E-state index in [0.29, 0.717) is 0 Å². The number of benzene rings is 1. The van der Waals surface area contributed by atoms with Crippen molar-refractivity contribution in [3.05, 3.63) is 41.5 Å². The highest BCUT2D eigenvalue weighted by molar-refractivity contribution is 5.54. The minimum atomic E-state index is 1.13. The first-order chi connectivity index (χ1) is 10.8. The normalized spacial score (nSPS) is 10.8. The summed E-state index contributed by atoms with van der Waals surface area (Å²) in [5.41, 5.74) is 4.39. The topological polar surface area (TPSA) is 0 Å². The summed E-state index contributed by atoms with van der Waals surface area (Å²) < 4.78 is 0. The Bertz CT molecular complexity index is 402. The van der Waals surface area contributed by atoms with Crippen molar-refractivity contribution in [2.75, 3.05) is 0 Å². The van der Waals surface area contributed by atoms with Crippen LogP contribution in [0.3, 0.4) is 0 Å². The number of aryl methyl sites for hydroxylation is 1. The van der Waals surface area contributed by atoms with E-state index < -0.39 is 0 Å². The summed E-state index contributed by atoms with van der Waals surface area (Å²) in [6, 6.07) is 6.65. The first kappa shape index (κ1) is 19.0. The van der Waals surface area contributed by atoms with E-state index in [1.54, 1.807) is 5.56 Å². The first-order valence-electron chi connectivity index (χ1n) is 9.56. The van der Waals surface area contributed by atoms with Gasteiger partial charge in [-0.3, -0.25) is 0 Å². The molecule has 0 saturated heterocycles. The Balaban J connectivity index is 2.16. The van der Waals surface area contributed by atoms with Crippen LogP contribution in [-0.4, -0.2) is 0 Å². The minimum Gasteiger partial charge on any atom is -0.0985 e. The average molecular weight is 301 g/mol. The van der Waals surface area contributed by atoms with Crippen LogP contribution in [0.1, 0.15) is 94.7 Å². The fraction of sp³-hybridized carbons (Fsp3) is 0.636. The van der Waals surface area contributed by atoms with Crippen LogP contribution in [0.25, 0.3) is 6.08 Å². The number of hydrogen-bond acceptors (Lipinski definition) is 0. The smallest absolute Gasteiger partial charge is 0.0228 e. The molecule has 1 aromatic rings. The molecule has 0 spiro atoms. The molecule has 0 atom stereocenters. The third kappa shape index (κ3) is 7.29. The van der Waals surface area contributed by atoms with Crippen molar-refractivity contribution in [3.63, 3.8) is 0 Å². The van der Waals surface area contributed by atoms with Crippen LogP contribution in [0.2, 0.25) is 0 Å². The van der Waals surface area contributed by atoms with Gasteiger partial charge in [-0.05, 0) is 36.0 Å². The van der Waals surface area contributed by atoms with Gasteiger partial charge >= 0.3 is 0 Å². The van der Waals surface area contributed by atoms with E-state index in [2.05, 4.69) is 38.6 Å². The third-order valence-corrected chi connectivity index (χ3v) is 4.69. The molecule has 0 nitrogen and oxygen atoms in total. The van der Waals surface area contributed by atoms with Gasteiger partial charge in [-0.2, -0.15) is 0 Å². The van der Waals surface area contributed by atoms with Gasteiger partial charge in [-0.25, -0.2) is 0 Å². The van der Waals surface area contributed by atoms with E-state index in [9.17, 15) is 0 Å². The molecule has 1 aromatic carbocycles. The summed E-state index contributed by atoms with van der Waals surface area (Å²) in [5.74, 6) is 0. The van der Waals surface area contributed by atoms with Gasteiger partial charge in [0.1, 0.15) is 0 Å². The number of rotatable bonds is 13. The molecule has 0 heteroatoms. The summed E-state index contributed by atoms with van der Waals surface area (Å²) in [7, 11) is 0. The predicted molar refractivity (Wildman–Crippen MR) is 101 cm³/mol. The monoisotopic (exact) mass is 300 g/mol. The molecule has 0 amide bonds. The van der Waals surface area contributed by atoms with Crippen molar-refractivity contribution in [3.8, 4) is 0 Å². The molecule has 0 aliphatic heterocycles. The fourth-order valence-corrected chi connectivity index (χ4v) is 3.27. The molecule has 0 heterocycles. The maximum Gasteiger partial charge on any atom is -0.0228 e. The second-order valence-corrected chi connectivity index (χ2v) is 6.47. The zero-order valence-corrected chi connectivity index (χ0v) is 15.0. The standard InChI is InChI=1S/C22H36/c1-4-7-8-9-10-11-12-13-14-15-19-22-20(5-2)17-16-18-21(22)6-3/h5,16-18H,2,4,6-15,19H2,1,3H3. The Labute approximate surface area is 139 Å². The number of hydrogen-bond donors (Lipinski definition) is 0. The van der Waals surface area contributed by atoms with Crippen molar-refractivity contribution < 1.29 is 0 Å². The van der Waals surface area contributed by atoms with E-state index in [1.165, 1.54) is 81.8 Å². The average Bonchev–Trinajstić information content (AvgIpc) is 2.56. The zero-order chi connectivity index (χ0) is 16.0. The van der Waals surface area contributed by atoms with Gasteiger partial charge in [0, 0.05) is 0 Å². The third-order valence-electron chi connectivity index (χ3n) is 4.69. The largest absolute Gasteiger partial charge is 0.0985 e. The summed E-state index contributed by atoms with van der Waals surface area (Å²) in [5, 5.41) is 0. The quantitative estimate of drug-likeness (QED) is 0.334. The molecular formula is C22H36. The number of unbranched alkanes of at least 4 members (excludes halogenated alkanes) is 9. The van der Waals surface area contributed by atoms with Crippen molar-refractivity contribution in [2.24, 2.45) is 0 Å². The van der Waals surface area contributed by atoms with E-state index in [4.69, 9.17) is 0 Å². The fourth-order valence-electron chi connectivity index (χ4n) is 3.27. The van der Waals surface area contributed by atoms with Crippen LogP contribution in [0.15, 0.2) is 24.8 Å². The molecule has 0 N–H and O–H groups in total. The Morgan fingerprint density at radius 1 is 0.818 bits per heavy atom. The van der Waals surface area contributed by atoms with Gasteiger partial charge in [0.2, 0.25) is 0 Å². The lowest BCUT2D eigenvalue weighted by Gasteiger charge is -2.11. The molecule has 0 aliphatic rings. The summed E-state index contributed by atoms with van der Waals surface area (Å²) in [6.45, 7) is 8.51.